The summed E-state index contributed by atoms with van der Waals surface area (Å²) >= 11 is 3.47. The van der Waals surface area contributed by atoms with E-state index in [0.29, 0.717) is 5.75 Å². The third kappa shape index (κ3) is 3.00. The number of hydrogen-bond donors (Lipinski definition) is 1. The summed E-state index contributed by atoms with van der Waals surface area (Å²) in [5.41, 5.74) is 3.03. The molecule has 4 heteroatoms. The van der Waals surface area contributed by atoms with Crippen LogP contribution in [0.15, 0.2) is 34.7 Å². The molecular formula is C12H13NOS2. The molecule has 0 fully saturated rings. The van der Waals surface area contributed by atoms with Gasteiger partial charge in [-0.15, -0.1) is 23.1 Å². The molecule has 0 unspecified atom stereocenters. The number of rotatable bonds is 4. The number of thioether (sulfide) groups is 1. The van der Waals surface area contributed by atoms with Crippen LogP contribution in [0.3, 0.4) is 0 Å². The SMILES string of the molecule is Cc1ncsc1CCSc1cccc(O)c1. The summed E-state index contributed by atoms with van der Waals surface area (Å²) in [7, 11) is 0. The summed E-state index contributed by atoms with van der Waals surface area (Å²) in [5, 5.41) is 9.32. The minimum Gasteiger partial charge on any atom is -0.508 e. The van der Waals surface area contributed by atoms with Gasteiger partial charge in [0.2, 0.25) is 0 Å². The van der Waals surface area contributed by atoms with Gasteiger partial charge in [-0.2, -0.15) is 0 Å². The van der Waals surface area contributed by atoms with Crippen LogP contribution in [0.25, 0.3) is 0 Å². The normalized spacial score (nSPS) is 10.6. The lowest BCUT2D eigenvalue weighted by atomic mass is 10.3. The Labute approximate surface area is 103 Å². The first-order valence-corrected chi connectivity index (χ1v) is 6.93. The highest BCUT2D eigenvalue weighted by atomic mass is 32.2. The average molecular weight is 251 g/mol. The van der Waals surface area contributed by atoms with E-state index in [9.17, 15) is 5.11 Å². The molecule has 2 nitrogen and oxygen atoms in total. The van der Waals surface area contributed by atoms with Gasteiger partial charge >= 0.3 is 0 Å². The van der Waals surface area contributed by atoms with E-state index >= 15 is 0 Å². The van der Waals surface area contributed by atoms with Crippen LogP contribution >= 0.6 is 23.1 Å². The van der Waals surface area contributed by atoms with Gasteiger partial charge in [-0.05, 0) is 31.5 Å². The fourth-order valence-electron chi connectivity index (χ4n) is 1.40. The lowest BCUT2D eigenvalue weighted by molar-refractivity contribution is 0.474. The summed E-state index contributed by atoms with van der Waals surface area (Å²) in [5.74, 6) is 1.35. The highest BCUT2D eigenvalue weighted by Crippen LogP contribution is 2.24. The zero-order valence-corrected chi connectivity index (χ0v) is 10.6. The van der Waals surface area contributed by atoms with Crippen LogP contribution in [-0.2, 0) is 6.42 Å². The van der Waals surface area contributed by atoms with Crippen molar-refractivity contribution in [2.75, 3.05) is 5.75 Å². The summed E-state index contributed by atoms with van der Waals surface area (Å²) < 4.78 is 0. The monoisotopic (exact) mass is 251 g/mol. The number of hydrogen-bond acceptors (Lipinski definition) is 4. The summed E-state index contributed by atoms with van der Waals surface area (Å²) in [4.78, 5) is 6.69. The van der Waals surface area contributed by atoms with Gasteiger partial charge in [-0.1, -0.05) is 6.07 Å². The molecule has 0 aliphatic carbocycles. The number of thiazole rings is 1. The second-order valence-electron chi connectivity index (χ2n) is 3.46. The Bertz CT molecular complexity index is 468. The van der Waals surface area contributed by atoms with Crippen molar-refractivity contribution in [2.45, 2.75) is 18.2 Å². The summed E-state index contributed by atoms with van der Waals surface area (Å²) in [6, 6.07) is 7.38. The van der Waals surface area contributed by atoms with E-state index < -0.39 is 0 Å². The van der Waals surface area contributed by atoms with Crippen LogP contribution in [0.2, 0.25) is 0 Å². The van der Waals surface area contributed by atoms with Crippen LogP contribution in [0.1, 0.15) is 10.6 Å². The van der Waals surface area contributed by atoms with Crippen LogP contribution in [0, 0.1) is 6.92 Å². The molecule has 0 aliphatic rings. The standard InChI is InChI=1S/C12H13NOS2/c1-9-12(16-8-13-9)5-6-15-11-4-2-3-10(14)7-11/h2-4,7-8,14H,5-6H2,1H3. The first-order chi connectivity index (χ1) is 7.75. The quantitative estimate of drug-likeness (QED) is 0.844. The molecule has 1 aromatic carbocycles. The third-order valence-corrected chi connectivity index (χ3v) is 4.25. The van der Waals surface area contributed by atoms with Crippen molar-refractivity contribution < 1.29 is 5.11 Å². The largest absolute Gasteiger partial charge is 0.508 e. The fourth-order valence-corrected chi connectivity index (χ4v) is 3.23. The van der Waals surface area contributed by atoms with Crippen molar-refractivity contribution in [1.82, 2.24) is 4.98 Å². The Morgan fingerprint density at radius 1 is 1.44 bits per heavy atom. The molecule has 2 aromatic rings. The van der Waals surface area contributed by atoms with Gasteiger partial charge < -0.3 is 5.11 Å². The van der Waals surface area contributed by atoms with E-state index in [2.05, 4.69) is 4.98 Å². The molecule has 0 spiro atoms. The maximum atomic E-state index is 9.32. The Morgan fingerprint density at radius 3 is 3.00 bits per heavy atom. The second-order valence-corrected chi connectivity index (χ2v) is 5.56. The van der Waals surface area contributed by atoms with E-state index in [1.165, 1.54) is 4.88 Å². The minimum absolute atomic E-state index is 0.332. The lowest BCUT2D eigenvalue weighted by Crippen LogP contribution is -1.87. The number of aromatic hydroxyl groups is 1. The van der Waals surface area contributed by atoms with Gasteiger partial charge in [-0.3, -0.25) is 0 Å². The number of phenols is 1. The molecule has 0 saturated heterocycles. The van der Waals surface area contributed by atoms with Crippen molar-refractivity contribution >= 4 is 23.1 Å². The van der Waals surface area contributed by atoms with Crippen molar-refractivity contribution in [1.29, 1.82) is 0 Å². The number of aryl methyl sites for hydroxylation is 2. The molecule has 1 heterocycles. The molecule has 0 atom stereocenters. The maximum Gasteiger partial charge on any atom is 0.116 e. The van der Waals surface area contributed by atoms with Crippen LogP contribution in [-0.4, -0.2) is 15.8 Å². The Morgan fingerprint density at radius 2 is 2.31 bits per heavy atom. The fraction of sp³-hybridized carbons (Fsp3) is 0.250. The topological polar surface area (TPSA) is 33.1 Å². The molecule has 16 heavy (non-hydrogen) atoms. The summed E-state index contributed by atoms with van der Waals surface area (Å²) in [6.45, 7) is 2.05. The van der Waals surface area contributed by atoms with Crippen molar-refractivity contribution in [3.63, 3.8) is 0 Å². The number of phenolic OH excluding ortho intramolecular Hbond substituents is 1. The van der Waals surface area contributed by atoms with Crippen molar-refractivity contribution in [3.8, 4) is 5.75 Å². The predicted molar refractivity (Wildman–Crippen MR) is 69.4 cm³/mol. The molecule has 1 N–H and O–H groups in total. The van der Waals surface area contributed by atoms with E-state index in [-0.39, 0.29) is 0 Å². The average Bonchev–Trinajstić information content (AvgIpc) is 2.65. The van der Waals surface area contributed by atoms with Crippen molar-refractivity contribution in [3.05, 3.63) is 40.3 Å². The van der Waals surface area contributed by atoms with Gasteiger partial charge in [0.1, 0.15) is 5.75 Å². The third-order valence-electron chi connectivity index (χ3n) is 2.26. The lowest BCUT2D eigenvalue weighted by Gasteiger charge is -2.01. The molecular weight excluding hydrogens is 238 g/mol. The van der Waals surface area contributed by atoms with Gasteiger partial charge in [-0.25, -0.2) is 4.98 Å². The van der Waals surface area contributed by atoms with E-state index in [4.69, 9.17) is 0 Å². The highest BCUT2D eigenvalue weighted by Gasteiger charge is 2.02. The molecule has 0 bridgehead atoms. The molecule has 0 radical (unpaired) electrons. The zero-order valence-electron chi connectivity index (χ0n) is 9.01. The van der Waals surface area contributed by atoms with Crippen LogP contribution < -0.4 is 0 Å². The van der Waals surface area contributed by atoms with E-state index in [1.54, 1.807) is 35.2 Å². The van der Waals surface area contributed by atoms with Gasteiger partial charge in [0.25, 0.3) is 0 Å². The molecule has 0 saturated carbocycles. The van der Waals surface area contributed by atoms with Gasteiger partial charge in [0.15, 0.2) is 0 Å². The Balaban J connectivity index is 1.87. The smallest absolute Gasteiger partial charge is 0.116 e. The predicted octanol–water partition coefficient (Wildman–Crippen LogP) is 3.49. The number of benzene rings is 1. The first-order valence-electron chi connectivity index (χ1n) is 5.06. The molecule has 0 amide bonds. The van der Waals surface area contributed by atoms with Crippen LogP contribution in [0.4, 0.5) is 0 Å². The highest BCUT2D eigenvalue weighted by molar-refractivity contribution is 7.99. The molecule has 1 aromatic heterocycles. The zero-order chi connectivity index (χ0) is 11.4. The molecule has 84 valence electrons. The Kier molecular flexibility index (Phi) is 3.85. The Hall–Kier alpha value is -1.00. The summed E-state index contributed by atoms with van der Waals surface area (Å²) in [6.07, 6.45) is 1.04. The van der Waals surface area contributed by atoms with Gasteiger partial charge in [0.05, 0.1) is 11.2 Å². The first kappa shape index (κ1) is 11.5. The number of nitrogens with zero attached hydrogens (tertiary/aromatic N) is 1. The maximum absolute atomic E-state index is 9.32. The molecule has 0 aliphatic heterocycles. The number of aromatic nitrogens is 1. The van der Waals surface area contributed by atoms with Crippen molar-refractivity contribution in [2.24, 2.45) is 0 Å². The van der Waals surface area contributed by atoms with Crippen LogP contribution in [0.5, 0.6) is 5.75 Å². The van der Waals surface area contributed by atoms with E-state index in [0.717, 1.165) is 22.8 Å². The second kappa shape index (κ2) is 5.37. The van der Waals surface area contributed by atoms with Gasteiger partial charge in [0, 0.05) is 15.5 Å². The minimum atomic E-state index is 0.332. The molecule has 2 rings (SSSR count). The van der Waals surface area contributed by atoms with E-state index in [1.807, 2.05) is 24.6 Å².